The Morgan fingerprint density at radius 2 is 1.94 bits per heavy atom. The van der Waals surface area contributed by atoms with Crippen molar-refractivity contribution in [3.05, 3.63) is 45.3 Å². The van der Waals surface area contributed by atoms with Gasteiger partial charge in [0, 0.05) is 35.1 Å². The van der Waals surface area contributed by atoms with E-state index in [0.717, 1.165) is 23.5 Å². The van der Waals surface area contributed by atoms with E-state index in [1.54, 1.807) is 24.3 Å². The molecule has 31 heavy (non-hydrogen) atoms. The van der Waals surface area contributed by atoms with Crippen LogP contribution < -0.4 is 16.4 Å². The zero-order chi connectivity index (χ0) is 21.7. The van der Waals surface area contributed by atoms with Crippen LogP contribution in [0.3, 0.4) is 0 Å². The fourth-order valence-electron chi connectivity index (χ4n) is 3.34. The van der Waals surface area contributed by atoms with E-state index >= 15 is 0 Å². The minimum atomic E-state index is -0.562. The molecule has 1 aromatic heterocycles. The van der Waals surface area contributed by atoms with Crippen molar-refractivity contribution >= 4 is 63.9 Å². The van der Waals surface area contributed by atoms with E-state index in [9.17, 15) is 14.4 Å². The molecule has 2 aromatic rings. The number of carbonyl (C=O) groups is 3. The monoisotopic (exact) mass is 486 g/mol. The molecule has 0 aliphatic carbocycles. The van der Waals surface area contributed by atoms with Gasteiger partial charge >= 0.3 is 12.0 Å². The number of halogens is 2. The number of fused-ring (bicyclic) bond motifs is 1. The number of nitrogens with one attached hydrogen (secondary N) is 2. The van der Waals surface area contributed by atoms with Crippen molar-refractivity contribution in [2.75, 3.05) is 30.8 Å². The number of urea groups is 1. The summed E-state index contributed by atoms with van der Waals surface area (Å²) >= 11 is 7.21. The lowest BCUT2D eigenvalue weighted by Crippen LogP contribution is -2.31. The van der Waals surface area contributed by atoms with E-state index in [1.165, 1.54) is 18.4 Å². The summed E-state index contributed by atoms with van der Waals surface area (Å²) in [6.07, 6.45) is 1.72. The summed E-state index contributed by atoms with van der Waals surface area (Å²) < 4.78 is 4.67. The van der Waals surface area contributed by atoms with Gasteiger partial charge in [-0.25, -0.2) is 4.79 Å². The Kier molecular flexibility index (Phi) is 9.12. The van der Waals surface area contributed by atoms with Gasteiger partial charge in [0.2, 0.25) is 0 Å². The van der Waals surface area contributed by atoms with Crippen LogP contribution in [-0.2, 0) is 22.5 Å². The van der Waals surface area contributed by atoms with Crippen molar-refractivity contribution < 1.29 is 19.1 Å². The normalized spacial score (nSPS) is 13.0. The number of methoxy groups -OCH3 is 1. The summed E-state index contributed by atoms with van der Waals surface area (Å²) in [5.74, 6) is -0.786. The first-order chi connectivity index (χ1) is 14.4. The zero-order valence-electron chi connectivity index (χ0n) is 16.9. The Morgan fingerprint density at radius 3 is 2.58 bits per heavy atom. The van der Waals surface area contributed by atoms with Gasteiger partial charge in [-0.3, -0.25) is 19.8 Å². The fourth-order valence-corrected chi connectivity index (χ4v) is 4.76. The van der Waals surface area contributed by atoms with E-state index in [-0.39, 0.29) is 18.4 Å². The Hall–Kier alpha value is -2.33. The smallest absolute Gasteiger partial charge is 0.324 e. The maximum absolute atomic E-state index is 12.4. The quantitative estimate of drug-likeness (QED) is 0.513. The van der Waals surface area contributed by atoms with Crippen LogP contribution in [0.1, 0.15) is 33.6 Å². The first kappa shape index (κ1) is 24.9. The summed E-state index contributed by atoms with van der Waals surface area (Å²) in [6, 6.07) is 6.24. The molecule has 168 valence electrons. The standard InChI is InChI=1S/C20H23ClN4O4S.ClH/c1-29-16(26)3-2-9-25-10-8-14-15(11-25)30-19(17(14)18(22)27)24-20(28)23-13-6-4-12(21)5-7-13;/h4-7H,2-3,8-11H2,1H3,(H2,22,27)(H2,23,24,28);1H. The highest BCUT2D eigenvalue weighted by molar-refractivity contribution is 7.17. The minimum absolute atomic E-state index is 0. The van der Waals surface area contributed by atoms with E-state index in [1.807, 2.05) is 0 Å². The highest BCUT2D eigenvalue weighted by atomic mass is 35.5. The first-order valence-corrected chi connectivity index (χ1v) is 10.6. The van der Waals surface area contributed by atoms with Crippen LogP contribution in [0.5, 0.6) is 0 Å². The number of nitrogens with two attached hydrogens (primary N) is 1. The lowest BCUT2D eigenvalue weighted by atomic mass is 10.0. The highest BCUT2D eigenvalue weighted by Crippen LogP contribution is 2.37. The van der Waals surface area contributed by atoms with Gasteiger partial charge in [-0.05, 0) is 49.2 Å². The third kappa shape index (κ3) is 6.57. The van der Waals surface area contributed by atoms with Gasteiger partial charge in [0.05, 0.1) is 12.7 Å². The average molecular weight is 487 g/mol. The maximum atomic E-state index is 12.4. The molecule has 0 fully saturated rings. The molecule has 0 radical (unpaired) electrons. The van der Waals surface area contributed by atoms with Gasteiger partial charge in [-0.1, -0.05) is 11.6 Å². The summed E-state index contributed by atoms with van der Waals surface area (Å²) in [7, 11) is 1.38. The molecule has 2 heterocycles. The van der Waals surface area contributed by atoms with E-state index < -0.39 is 11.9 Å². The van der Waals surface area contributed by atoms with Crippen molar-refractivity contribution in [2.24, 2.45) is 5.73 Å². The van der Waals surface area contributed by atoms with Crippen LogP contribution in [0.15, 0.2) is 24.3 Å². The Bertz CT molecular complexity index is 949. The van der Waals surface area contributed by atoms with E-state index in [2.05, 4.69) is 20.3 Å². The molecule has 1 aliphatic heterocycles. The Labute approximate surface area is 195 Å². The van der Waals surface area contributed by atoms with Gasteiger partial charge in [0.25, 0.3) is 5.91 Å². The number of primary amides is 1. The number of nitrogens with zero attached hydrogens (tertiary/aromatic N) is 1. The number of benzene rings is 1. The molecule has 0 spiro atoms. The molecule has 3 rings (SSSR count). The van der Waals surface area contributed by atoms with Crippen molar-refractivity contribution in [3.63, 3.8) is 0 Å². The molecule has 0 saturated carbocycles. The third-order valence-electron chi connectivity index (χ3n) is 4.79. The molecule has 3 amide bonds. The molecule has 0 unspecified atom stereocenters. The molecule has 4 N–H and O–H groups in total. The average Bonchev–Trinajstić information content (AvgIpc) is 3.06. The minimum Gasteiger partial charge on any atom is -0.469 e. The second kappa shape index (κ2) is 11.3. The first-order valence-electron chi connectivity index (χ1n) is 9.44. The topological polar surface area (TPSA) is 114 Å². The van der Waals surface area contributed by atoms with Crippen molar-refractivity contribution in [3.8, 4) is 0 Å². The highest BCUT2D eigenvalue weighted by Gasteiger charge is 2.27. The Morgan fingerprint density at radius 1 is 1.23 bits per heavy atom. The van der Waals surface area contributed by atoms with Gasteiger partial charge in [-0.15, -0.1) is 23.7 Å². The van der Waals surface area contributed by atoms with Gasteiger partial charge in [0.15, 0.2) is 0 Å². The number of hydrogen-bond donors (Lipinski definition) is 3. The van der Waals surface area contributed by atoms with Crippen LogP contribution in [-0.4, -0.2) is 43.0 Å². The molecule has 11 heteroatoms. The molecule has 1 aromatic carbocycles. The van der Waals surface area contributed by atoms with E-state index in [4.69, 9.17) is 17.3 Å². The number of hydrogen-bond acceptors (Lipinski definition) is 6. The molecule has 0 saturated heterocycles. The summed E-state index contributed by atoms with van der Waals surface area (Å²) in [6.45, 7) is 2.14. The second-order valence-corrected chi connectivity index (χ2v) is 8.41. The van der Waals surface area contributed by atoms with Crippen LogP contribution in [0, 0.1) is 0 Å². The third-order valence-corrected chi connectivity index (χ3v) is 6.18. The van der Waals surface area contributed by atoms with Crippen LogP contribution in [0.2, 0.25) is 5.02 Å². The maximum Gasteiger partial charge on any atom is 0.324 e. The van der Waals surface area contributed by atoms with Crippen LogP contribution >= 0.6 is 35.3 Å². The number of carbonyl (C=O) groups excluding carboxylic acids is 3. The predicted molar refractivity (Wildman–Crippen MR) is 124 cm³/mol. The Balaban J connectivity index is 0.00000341. The van der Waals surface area contributed by atoms with Crippen molar-refractivity contribution in [1.29, 1.82) is 0 Å². The summed E-state index contributed by atoms with van der Waals surface area (Å²) in [4.78, 5) is 39.0. The number of esters is 1. The van der Waals surface area contributed by atoms with Gasteiger partial charge in [-0.2, -0.15) is 0 Å². The van der Waals surface area contributed by atoms with E-state index in [0.29, 0.717) is 47.1 Å². The molecular formula is C20H24Cl2N4O4S. The molecule has 0 bridgehead atoms. The van der Waals surface area contributed by atoms with Crippen molar-refractivity contribution in [2.45, 2.75) is 25.8 Å². The zero-order valence-corrected chi connectivity index (χ0v) is 19.3. The molecule has 0 atom stereocenters. The molecule has 8 nitrogen and oxygen atoms in total. The molecule has 1 aliphatic rings. The SMILES string of the molecule is COC(=O)CCCN1CCc2c(sc(NC(=O)Nc3ccc(Cl)cc3)c2C(N)=O)C1.Cl. The number of rotatable bonds is 7. The summed E-state index contributed by atoms with van der Waals surface area (Å²) in [5, 5.41) is 6.46. The van der Waals surface area contributed by atoms with Gasteiger partial charge < -0.3 is 15.8 Å². The van der Waals surface area contributed by atoms with Crippen molar-refractivity contribution in [1.82, 2.24) is 4.90 Å². The summed E-state index contributed by atoms with van der Waals surface area (Å²) in [5.41, 5.74) is 7.45. The fraction of sp³-hybridized carbons (Fsp3) is 0.350. The number of amides is 3. The van der Waals surface area contributed by atoms with Gasteiger partial charge in [0.1, 0.15) is 5.00 Å². The largest absolute Gasteiger partial charge is 0.469 e. The second-order valence-electron chi connectivity index (χ2n) is 6.86. The lowest BCUT2D eigenvalue weighted by molar-refractivity contribution is -0.140. The predicted octanol–water partition coefficient (Wildman–Crippen LogP) is 3.88. The number of ether oxygens (including phenoxy) is 1. The molecular weight excluding hydrogens is 463 g/mol. The lowest BCUT2D eigenvalue weighted by Gasteiger charge is -2.26. The van der Waals surface area contributed by atoms with Crippen LogP contribution in [0.25, 0.3) is 0 Å². The number of anilines is 2. The van der Waals surface area contributed by atoms with Crippen LogP contribution in [0.4, 0.5) is 15.5 Å². The number of thiophene rings is 1.